The van der Waals surface area contributed by atoms with Crippen molar-refractivity contribution in [3.63, 3.8) is 0 Å². The van der Waals surface area contributed by atoms with Gasteiger partial charge in [0.2, 0.25) is 0 Å². The Bertz CT molecular complexity index is 672. The van der Waals surface area contributed by atoms with Crippen LogP contribution < -0.4 is 4.74 Å². The van der Waals surface area contributed by atoms with Gasteiger partial charge in [-0.25, -0.2) is 4.79 Å². The third-order valence-corrected chi connectivity index (χ3v) is 3.22. The zero-order valence-corrected chi connectivity index (χ0v) is 11.3. The Morgan fingerprint density at radius 1 is 1.05 bits per heavy atom. The van der Waals surface area contributed by atoms with E-state index in [4.69, 9.17) is 9.47 Å². The van der Waals surface area contributed by atoms with Crippen LogP contribution in [0, 0.1) is 0 Å². The van der Waals surface area contributed by atoms with Gasteiger partial charge in [0, 0.05) is 0 Å². The van der Waals surface area contributed by atoms with Crippen LogP contribution in [0.1, 0.15) is 11.1 Å². The lowest BCUT2D eigenvalue weighted by Gasteiger charge is -2.07. The molecule has 0 amide bonds. The first-order valence-corrected chi connectivity index (χ1v) is 6.60. The van der Waals surface area contributed by atoms with Gasteiger partial charge in [0.15, 0.2) is 0 Å². The summed E-state index contributed by atoms with van der Waals surface area (Å²) in [6, 6.07) is 16.9. The molecule has 2 aromatic carbocycles. The maximum Gasteiger partial charge on any atom is 0.342 e. The van der Waals surface area contributed by atoms with Crippen LogP contribution in [0.4, 0.5) is 0 Å². The van der Waals surface area contributed by atoms with Crippen molar-refractivity contribution in [1.29, 1.82) is 0 Å². The second kappa shape index (κ2) is 5.71. The van der Waals surface area contributed by atoms with E-state index < -0.39 is 5.97 Å². The number of esters is 1. The number of aliphatic hydroxyl groups is 1. The highest BCUT2D eigenvalue weighted by Crippen LogP contribution is 2.26. The minimum Gasteiger partial charge on any atom is -0.508 e. The van der Waals surface area contributed by atoms with Crippen molar-refractivity contribution in [2.45, 2.75) is 6.61 Å². The first-order chi connectivity index (χ1) is 10.2. The molecule has 0 aliphatic carbocycles. The van der Waals surface area contributed by atoms with Crippen LogP contribution >= 0.6 is 0 Å². The fraction of sp³-hybridized carbons (Fsp3) is 0.118. The molecule has 0 bridgehead atoms. The minimum absolute atomic E-state index is 0.0297. The summed E-state index contributed by atoms with van der Waals surface area (Å²) >= 11 is 0. The van der Waals surface area contributed by atoms with E-state index in [1.165, 1.54) is 0 Å². The van der Waals surface area contributed by atoms with Gasteiger partial charge in [0.1, 0.15) is 30.3 Å². The standard InChI is InChI=1S/C17H14O4/c18-15-11-21-17(19)16(15)13-6-8-14(9-7-13)20-10-12-4-2-1-3-5-12/h1-9,18H,10-11H2. The lowest BCUT2D eigenvalue weighted by Crippen LogP contribution is -1.99. The molecule has 21 heavy (non-hydrogen) atoms. The fourth-order valence-electron chi connectivity index (χ4n) is 2.14. The van der Waals surface area contributed by atoms with Crippen LogP contribution in [0.15, 0.2) is 60.4 Å². The monoisotopic (exact) mass is 282 g/mol. The van der Waals surface area contributed by atoms with E-state index in [2.05, 4.69) is 0 Å². The second-order valence-corrected chi connectivity index (χ2v) is 4.70. The predicted molar refractivity (Wildman–Crippen MR) is 77.7 cm³/mol. The van der Waals surface area contributed by atoms with Gasteiger partial charge in [-0.15, -0.1) is 0 Å². The van der Waals surface area contributed by atoms with E-state index in [9.17, 15) is 9.90 Å². The average molecular weight is 282 g/mol. The molecule has 0 atom stereocenters. The molecule has 0 unspecified atom stereocenters. The number of cyclic esters (lactones) is 1. The van der Waals surface area contributed by atoms with Gasteiger partial charge in [0.25, 0.3) is 0 Å². The van der Waals surface area contributed by atoms with Crippen molar-refractivity contribution < 1.29 is 19.4 Å². The highest BCUT2D eigenvalue weighted by molar-refractivity contribution is 6.18. The summed E-state index contributed by atoms with van der Waals surface area (Å²) in [5, 5.41) is 9.64. The maximum atomic E-state index is 11.5. The second-order valence-electron chi connectivity index (χ2n) is 4.70. The van der Waals surface area contributed by atoms with E-state index in [-0.39, 0.29) is 17.9 Å². The van der Waals surface area contributed by atoms with Crippen LogP contribution in [0.25, 0.3) is 5.57 Å². The van der Waals surface area contributed by atoms with Crippen molar-refractivity contribution >= 4 is 11.5 Å². The van der Waals surface area contributed by atoms with Crippen LogP contribution in [0.3, 0.4) is 0 Å². The number of hydrogen-bond acceptors (Lipinski definition) is 4. The molecule has 4 nitrogen and oxygen atoms in total. The number of ether oxygens (including phenoxy) is 2. The molecule has 4 heteroatoms. The molecule has 0 saturated carbocycles. The van der Waals surface area contributed by atoms with Gasteiger partial charge < -0.3 is 14.6 Å². The first kappa shape index (κ1) is 13.2. The Balaban J connectivity index is 1.70. The van der Waals surface area contributed by atoms with Crippen molar-refractivity contribution in [3.05, 3.63) is 71.5 Å². The number of carbonyl (C=O) groups is 1. The van der Waals surface area contributed by atoms with Crippen molar-refractivity contribution in [1.82, 2.24) is 0 Å². The van der Waals surface area contributed by atoms with E-state index in [1.54, 1.807) is 24.3 Å². The fourth-order valence-corrected chi connectivity index (χ4v) is 2.14. The number of carbonyl (C=O) groups excluding carboxylic acids is 1. The van der Waals surface area contributed by atoms with Crippen molar-refractivity contribution in [2.24, 2.45) is 0 Å². The molecule has 0 radical (unpaired) electrons. The molecule has 1 aliphatic heterocycles. The molecular weight excluding hydrogens is 268 g/mol. The summed E-state index contributed by atoms with van der Waals surface area (Å²) < 4.78 is 10.4. The molecular formula is C17H14O4. The highest BCUT2D eigenvalue weighted by Gasteiger charge is 2.25. The van der Waals surface area contributed by atoms with E-state index >= 15 is 0 Å². The van der Waals surface area contributed by atoms with Crippen LogP contribution in [0.5, 0.6) is 5.75 Å². The third-order valence-electron chi connectivity index (χ3n) is 3.22. The predicted octanol–water partition coefficient (Wildman–Crippen LogP) is 3.09. The first-order valence-electron chi connectivity index (χ1n) is 6.60. The Kier molecular flexibility index (Phi) is 3.60. The Morgan fingerprint density at radius 3 is 2.38 bits per heavy atom. The summed E-state index contributed by atoms with van der Waals surface area (Å²) in [5.41, 5.74) is 1.94. The molecule has 0 fully saturated rings. The molecule has 0 spiro atoms. The van der Waals surface area contributed by atoms with E-state index in [1.807, 2.05) is 30.3 Å². The topological polar surface area (TPSA) is 55.8 Å². The number of benzene rings is 2. The minimum atomic E-state index is -0.495. The van der Waals surface area contributed by atoms with Crippen LogP contribution in [-0.4, -0.2) is 17.7 Å². The zero-order chi connectivity index (χ0) is 14.7. The quantitative estimate of drug-likeness (QED) is 0.875. The van der Waals surface area contributed by atoms with Crippen LogP contribution in [-0.2, 0) is 16.1 Å². The Hall–Kier alpha value is -2.75. The van der Waals surface area contributed by atoms with E-state index in [0.29, 0.717) is 17.9 Å². The molecule has 3 rings (SSSR count). The number of hydrogen-bond donors (Lipinski definition) is 1. The third kappa shape index (κ3) is 2.89. The maximum absolute atomic E-state index is 11.5. The van der Waals surface area contributed by atoms with Gasteiger partial charge in [-0.1, -0.05) is 42.5 Å². The van der Waals surface area contributed by atoms with Gasteiger partial charge >= 0.3 is 5.97 Å². The molecule has 1 N–H and O–H groups in total. The lowest BCUT2D eigenvalue weighted by atomic mass is 10.1. The van der Waals surface area contributed by atoms with Gasteiger partial charge in [-0.05, 0) is 23.3 Å². The Labute approximate surface area is 122 Å². The number of rotatable bonds is 4. The van der Waals surface area contributed by atoms with Crippen LogP contribution in [0.2, 0.25) is 0 Å². The van der Waals surface area contributed by atoms with Gasteiger partial charge in [-0.2, -0.15) is 0 Å². The SMILES string of the molecule is O=C1OCC(O)=C1c1ccc(OCc2ccccc2)cc1. The molecule has 0 saturated heterocycles. The van der Waals surface area contributed by atoms with E-state index in [0.717, 1.165) is 5.56 Å². The van der Waals surface area contributed by atoms with Crippen molar-refractivity contribution in [2.75, 3.05) is 6.61 Å². The molecule has 1 heterocycles. The summed E-state index contributed by atoms with van der Waals surface area (Å²) in [7, 11) is 0. The molecule has 1 aliphatic rings. The summed E-state index contributed by atoms with van der Waals surface area (Å²) in [4.78, 5) is 11.5. The largest absolute Gasteiger partial charge is 0.508 e. The highest BCUT2D eigenvalue weighted by atomic mass is 16.5. The molecule has 0 aromatic heterocycles. The van der Waals surface area contributed by atoms with Gasteiger partial charge in [-0.3, -0.25) is 0 Å². The Morgan fingerprint density at radius 2 is 1.76 bits per heavy atom. The van der Waals surface area contributed by atoms with Crippen molar-refractivity contribution in [3.8, 4) is 5.75 Å². The van der Waals surface area contributed by atoms with Gasteiger partial charge in [0.05, 0.1) is 0 Å². The lowest BCUT2D eigenvalue weighted by molar-refractivity contribution is -0.134. The summed E-state index contributed by atoms with van der Waals surface area (Å²) in [5.74, 6) is 0.178. The smallest absolute Gasteiger partial charge is 0.342 e. The number of aliphatic hydroxyl groups excluding tert-OH is 1. The summed E-state index contributed by atoms with van der Waals surface area (Å²) in [6.45, 7) is 0.427. The summed E-state index contributed by atoms with van der Waals surface area (Å²) in [6.07, 6.45) is 0. The molecule has 106 valence electrons. The average Bonchev–Trinajstić information content (AvgIpc) is 2.86. The normalized spacial score (nSPS) is 14.2. The molecule has 2 aromatic rings. The zero-order valence-electron chi connectivity index (χ0n) is 11.3.